The summed E-state index contributed by atoms with van der Waals surface area (Å²) in [6.07, 6.45) is 53.6. The summed E-state index contributed by atoms with van der Waals surface area (Å²) >= 11 is 0. The molecule has 0 spiro atoms. The molecule has 0 aliphatic heterocycles. The summed E-state index contributed by atoms with van der Waals surface area (Å²) in [6.45, 7) is 22.4. The lowest BCUT2D eigenvalue weighted by Crippen LogP contribution is -2.36. The maximum absolute atomic E-state index is 4.06. The van der Waals surface area contributed by atoms with Crippen molar-refractivity contribution >= 4 is 0 Å². The second-order valence-corrected chi connectivity index (χ2v) is 23.4. The third-order valence-corrected chi connectivity index (χ3v) is 20.1. The van der Waals surface area contributed by atoms with Crippen LogP contribution in [0.25, 0.3) is 0 Å². The quantitative estimate of drug-likeness (QED) is 0.162. The lowest BCUT2D eigenvalue weighted by Gasteiger charge is -2.46. The first-order valence-corrected chi connectivity index (χ1v) is 27.0. The molecule has 11 atom stereocenters. The molecule has 1 N–H and O–H groups in total. The largest absolute Gasteiger partial charge is 0.382 e. The van der Waals surface area contributed by atoms with Crippen LogP contribution < -0.4 is 5.32 Å². The topological polar surface area (TPSA) is 12.0 Å². The summed E-state index contributed by atoms with van der Waals surface area (Å²) < 4.78 is 0. The molecule has 0 aromatic rings. The molecule has 0 fully saturated rings. The van der Waals surface area contributed by atoms with Gasteiger partial charge in [-0.1, -0.05) is 164 Å². The standard InChI is InChI=1S/C61H91N/c1-10-41(5)58-39-52(29-35-56(58)45-21-27-51(28-22-45)61(9,12-3)13-4)60(7,8)53-30-36-57(59(40-53)42(6)11-2)46-25-33-55(34-26-46)62-54-31-23-44(24-32-54)47-15-14-16-48(37-47)50-20-18-43-17-19-49(43)38-50/h14-15,21,23,27,29,31,33,35-36,41-42,44,46-48,50,53-54,58-59,62H,10-13,16-20,22,24-26,28,30,32,34,37-40H2,1-9H3. The second kappa shape index (κ2) is 19.9. The molecule has 11 unspecified atom stereocenters. The van der Waals surface area contributed by atoms with E-state index in [0.29, 0.717) is 29.2 Å². The molecule has 340 valence electrons. The van der Waals surface area contributed by atoms with Gasteiger partial charge in [0.2, 0.25) is 0 Å². The number of nitrogens with one attached hydrogen (secondary N) is 1. The van der Waals surface area contributed by atoms with Gasteiger partial charge in [-0.15, -0.1) is 0 Å². The Morgan fingerprint density at radius 2 is 1.40 bits per heavy atom. The Labute approximate surface area is 382 Å². The summed E-state index contributed by atoms with van der Waals surface area (Å²) in [7, 11) is 0. The maximum atomic E-state index is 4.06. The Kier molecular flexibility index (Phi) is 14.8. The van der Waals surface area contributed by atoms with Crippen LogP contribution in [0.5, 0.6) is 0 Å². The molecule has 0 aromatic carbocycles. The van der Waals surface area contributed by atoms with Crippen LogP contribution in [0.15, 0.2) is 105 Å². The van der Waals surface area contributed by atoms with E-state index in [1.807, 2.05) is 16.7 Å². The Balaban J connectivity index is 0.888. The maximum Gasteiger partial charge on any atom is 0.0441 e. The van der Waals surface area contributed by atoms with Crippen molar-refractivity contribution in [3.05, 3.63) is 105 Å². The SMILES string of the molecule is CCC(C)C1CC(C(C)(C)C2CC=C(C3CC=C(NC4C=CC(C5C=CCC(C6CCC7=C(CC7)C6)C5)CC4)CC3)C(C(C)CC)C2)=CC=C1C1=CC=C(C(C)(CC)CC)CC1. The van der Waals surface area contributed by atoms with Gasteiger partial charge in [0.05, 0.1) is 0 Å². The van der Waals surface area contributed by atoms with E-state index in [1.165, 1.54) is 141 Å². The van der Waals surface area contributed by atoms with Crippen molar-refractivity contribution in [2.75, 3.05) is 0 Å². The molecule has 8 aliphatic rings. The highest BCUT2D eigenvalue weighted by Crippen LogP contribution is 2.54. The van der Waals surface area contributed by atoms with Crippen molar-refractivity contribution < 1.29 is 0 Å². The highest BCUT2D eigenvalue weighted by molar-refractivity contribution is 5.46. The van der Waals surface area contributed by atoms with Crippen LogP contribution in [0, 0.1) is 70.0 Å². The van der Waals surface area contributed by atoms with E-state index in [1.54, 1.807) is 22.3 Å². The van der Waals surface area contributed by atoms with Crippen LogP contribution in [0.2, 0.25) is 0 Å². The smallest absolute Gasteiger partial charge is 0.0441 e. The van der Waals surface area contributed by atoms with Crippen molar-refractivity contribution in [2.45, 2.75) is 203 Å². The molecule has 0 saturated carbocycles. The van der Waals surface area contributed by atoms with E-state index in [-0.39, 0.29) is 5.41 Å². The molecule has 1 nitrogen and oxygen atoms in total. The molecule has 0 amide bonds. The van der Waals surface area contributed by atoms with Crippen LogP contribution >= 0.6 is 0 Å². The normalized spacial score (nSPS) is 34.1. The van der Waals surface area contributed by atoms with Gasteiger partial charge in [-0.25, -0.2) is 0 Å². The average molecular weight is 838 g/mol. The second-order valence-electron chi connectivity index (χ2n) is 23.4. The minimum atomic E-state index is 0.206. The molecule has 1 heteroatoms. The van der Waals surface area contributed by atoms with E-state index in [4.69, 9.17) is 0 Å². The van der Waals surface area contributed by atoms with Crippen LogP contribution in [-0.2, 0) is 0 Å². The summed E-state index contributed by atoms with van der Waals surface area (Å²) in [5.74, 6) is 7.59. The summed E-state index contributed by atoms with van der Waals surface area (Å²) in [4.78, 5) is 0. The number of allylic oxidation sites excluding steroid dienone is 17. The van der Waals surface area contributed by atoms with Gasteiger partial charge in [-0.2, -0.15) is 0 Å². The minimum absolute atomic E-state index is 0.206. The predicted octanol–water partition coefficient (Wildman–Crippen LogP) is 17.5. The molecule has 0 heterocycles. The van der Waals surface area contributed by atoms with Crippen LogP contribution in [-0.4, -0.2) is 6.04 Å². The van der Waals surface area contributed by atoms with Crippen molar-refractivity contribution in [1.29, 1.82) is 0 Å². The predicted molar refractivity (Wildman–Crippen MR) is 269 cm³/mol. The van der Waals surface area contributed by atoms with Crippen molar-refractivity contribution in [1.82, 2.24) is 5.32 Å². The molecule has 0 aromatic heterocycles. The Morgan fingerprint density at radius 3 is 2.05 bits per heavy atom. The van der Waals surface area contributed by atoms with Gasteiger partial charge in [-0.3, -0.25) is 0 Å². The molecular formula is C61H91N. The van der Waals surface area contributed by atoms with Crippen molar-refractivity contribution in [2.24, 2.45) is 70.0 Å². The van der Waals surface area contributed by atoms with E-state index in [2.05, 4.69) is 128 Å². The Bertz CT molecular complexity index is 1870. The lowest BCUT2D eigenvalue weighted by molar-refractivity contribution is 0.169. The zero-order valence-corrected chi connectivity index (χ0v) is 41.5. The van der Waals surface area contributed by atoms with Gasteiger partial charge in [-0.05, 0) is 203 Å². The fraction of sp³-hybridized carbons (Fsp3) is 0.705. The molecule has 62 heavy (non-hydrogen) atoms. The number of hydrogen-bond acceptors (Lipinski definition) is 1. The zero-order valence-electron chi connectivity index (χ0n) is 41.5. The third-order valence-electron chi connectivity index (χ3n) is 20.1. The monoisotopic (exact) mass is 838 g/mol. The molecule has 0 saturated heterocycles. The van der Waals surface area contributed by atoms with Crippen molar-refractivity contribution in [3.63, 3.8) is 0 Å². The fourth-order valence-corrected chi connectivity index (χ4v) is 14.3. The molecule has 0 bridgehead atoms. The van der Waals surface area contributed by atoms with Gasteiger partial charge in [0, 0.05) is 11.7 Å². The highest BCUT2D eigenvalue weighted by Gasteiger charge is 2.42. The molecule has 0 radical (unpaired) electrons. The van der Waals surface area contributed by atoms with E-state index < -0.39 is 0 Å². The minimum Gasteiger partial charge on any atom is -0.382 e. The van der Waals surface area contributed by atoms with Crippen LogP contribution in [0.4, 0.5) is 0 Å². The Morgan fingerprint density at radius 1 is 0.629 bits per heavy atom. The van der Waals surface area contributed by atoms with Crippen LogP contribution in [0.3, 0.4) is 0 Å². The van der Waals surface area contributed by atoms with Gasteiger partial charge in [0.15, 0.2) is 0 Å². The first kappa shape index (κ1) is 46.0. The zero-order chi connectivity index (χ0) is 43.6. The van der Waals surface area contributed by atoms with Gasteiger partial charge < -0.3 is 5.32 Å². The number of hydrogen-bond donors (Lipinski definition) is 1. The van der Waals surface area contributed by atoms with E-state index in [0.717, 1.165) is 41.4 Å². The van der Waals surface area contributed by atoms with E-state index >= 15 is 0 Å². The molecule has 8 rings (SSSR count). The Hall–Kier alpha value is -2.54. The van der Waals surface area contributed by atoms with Gasteiger partial charge >= 0.3 is 0 Å². The first-order chi connectivity index (χ1) is 29.9. The summed E-state index contributed by atoms with van der Waals surface area (Å²) in [5, 5.41) is 4.06. The van der Waals surface area contributed by atoms with Crippen LogP contribution in [0.1, 0.15) is 197 Å². The first-order valence-electron chi connectivity index (χ1n) is 27.0. The van der Waals surface area contributed by atoms with Gasteiger partial charge in [0.1, 0.15) is 0 Å². The fourth-order valence-electron chi connectivity index (χ4n) is 14.3. The molecule has 8 aliphatic carbocycles. The van der Waals surface area contributed by atoms with E-state index in [9.17, 15) is 0 Å². The summed E-state index contributed by atoms with van der Waals surface area (Å²) in [6, 6.07) is 0.511. The molecular weight excluding hydrogens is 747 g/mol. The average Bonchev–Trinajstić information content (AvgIpc) is 3.31. The van der Waals surface area contributed by atoms with Gasteiger partial charge in [0.25, 0.3) is 0 Å². The lowest BCUT2D eigenvalue weighted by atomic mass is 9.59. The highest BCUT2D eigenvalue weighted by atomic mass is 14.9. The van der Waals surface area contributed by atoms with Crippen molar-refractivity contribution in [3.8, 4) is 0 Å². The number of rotatable bonds is 15. The third kappa shape index (κ3) is 9.69. The summed E-state index contributed by atoms with van der Waals surface area (Å²) in [5.41, 5.74) is 14.3.